The van der Waals surface area contributed by atoms with Gasteiger partial charge in [0.15, 0.2) is 0 Å². The molecule has 3 nitrogen and oxygen atoms in total. The van der Waals surface area contributed by atoms with Crippen molar-refractivity contribution in [2.24, 2.45) is 5.16 Å². The molecule has 0 fully saturated rings. The van der Waals surface area contributed by atoms with E-state index >= 15 is 0 Å². The zero-order chi connectivity index (χ0) is 12.7. The summed E-state index contributed by atoms with van der Waals surface area (Å²) < 4.78 is 5.26. The molecule has 0 spiro atoms. The lowest BCUT2D eigenvalue weighted by Gasteiger charge is -2.20. The van der Waals surface area contributed by atoms with Crippen LogP contribution in [0.1, 0.15) is 19.4 Å². The number of benzene rings is 1. The molecular formula is C13H22N2OSi. The molecule has 17 heavy (non-hydrogen) atoms. The number of oxime groups is 1. The molecule has 0 aliphatic rings. The molecule has 0 amide bonds. The Morgan fingerprint density at radius 1 is 1.18 bits per heavy atom. The summed E-state index contributed by atoms with van der Waals surface area (Å²) in [6, 6.07) is 8.40. The Morgan fingerprint density at radius 3 is 2.24 bits per heavy atom. The van der Waals surface area contributed by atoms with Gasteiger partial charge in [0, 0.05) is 18.8 Å². The second-order valence-electron chi connectivity index (χ2n) is 4.15. The Morgan fingerprint density at radius 2 is 1.76 bits per heavy atom. The van der Waals surface area contributed by atoms with E-state index < -0.39 is 9.04 Å². The van der Waals surface area contributed by atoms with Gasteiger partial charge in [-0.15, -0.1) is 5.16 Å². The summed E-state index contributed by atoms with van der Waals surface area (Å²) in [5, 5.41) is 3.98. The van der Waals surface area contributed by atoms with E-state index in [1.165, 1.54) is 5.69 Å². The van der Waals surface area contributed by atoms with E-state index in [4.69, 9.17) is 4.53 Å². The minimum atomic E-state index is -1.05. The van der Waals surface area contributed by atoms with Crippen molar-refractivity contribution < 1.29 is 4.53 Å². The van der Waals surface area contributed by atoms with Gasteiger partial charge in [-0.05, 0) is 44.6 Å². The second-order valence-corrected chi connectivity index (χ2v) is 6.46. The minimum absolute atomic E-state index is 1.03. The SMILES string of the molecule is CCN(CC)c1ccc(C=NO[SiH](C)C)cc1. The van der Waals surface area contributed by atoms with E-state index in [1.54, 1.807) is 6.21 Å². The third-order valence-corrected chi connectivity index (χ3v) is 3.04. The topological polar surface area (TPSA) is 24.8 Å². The molecule has 0 N–H and O–H groups in total. The highest BCUT2D eigenvalue weighted by Gasteiger charge is 2.00. The van der Waals surface area contributed by atoms with Crippen molar-refractivity contribution in [3.63, 3.8) is 0 Å². The first kappa shape index (κ1) is 13.8. The Kier molecular flexibility index (Phi) is 5.76. The molecule has 0 saturated heterocycles. The van der Waals surface area contributed by atoms with Crippen LogP contribution < -0.4 is 4.90 Å². The van der Waals surface area contributed by atoms with Crippen molar-refractivity contribution in [2.45, 2.75) is 26.9 Å². The molecule has 0 unspecified atom stereocenters. The normalized spacial score (nSPS) is 11.1. The van der Waals surface area contributed by atoms with E-state index in [1.807, 2.05) is 0 Å². The summed E-state index contributed by atoms with van der Waals surface area (Å²) in [5.41, 5.74) is 2.34. The van der Waals surface area contributed by atoms with Gasteiger partial charge in [0.05, 0.1) is 6.21 Å². The molecule has 0 saturated carbocycles. The Balaban J connectivity index is 2.64. The smallest absolute Gasteiger partial charge is 0.266 e. The van der Waals surface area contributed by atoms with Crippen LogP contribution in [-0.4, -0.2) is 28.3 Å². The molecule has 4 heteroatoms. The number of hydrogen-bond acceptors (Lipinski definition) is 3. The standard InChI is InChI=1S/C13H22N2OSi/c1-5-15(6-2)13-9-7-12(8-10-13)11-14-16-17(3)4/h7-11,17H,5-6H2,1-4H3. The molecule has 0 aromatic heterocycles. The maximum atomic E-state index is 5.26. The summed E-state index contributed by atoms with van der Waals surface area (Å²) in [7, 11) is -1.05. The van der Waals surface area contributed by atoms with Crippen molar-refractivity contribution in [3.8, 4) is 0 Å². The average molecular weight is 250 g/mol. The predicted octanol–water partition coefficient (Wildman–Crippen LogP) is 2.87. The molecule has 0 atom stereocenters. The first-order valence-electron chi connectivity index (χ1n) is 6.21. The molecular weight excluding hydrogens is 228 g/mol. The van der Waals surface area contributed by atoms with Gasteiger partial charge in [-0.25, -0.2) is 0 Å². The third kappa shape index (κ3) is 4.61. The zero-order valence-electron chi connectivity index (χ0n) is 11.2. The van der Waals surface area contributed by atoms with Crippen LogP contribution in [0, 0.1) is 0 Å². The van der Waals surface area contributed by atoms with Crippen molar-refractivity contribution in [1.29, 1.82) is 0 Å². The van der Waals surface area contributed by atoms with Crippen LogP contribution in [0.15, 0.2) is 29.4 Å². The molecule has 1 rings (SSSR count). The van der Waals surface area contributed by atoms with Gasteiger partial charge in [0.25, 0.3) is 9.04 Å². The lowest BCUT2D eigenvalue weighted by molar-refractivity contribution is 0.354. The fourth-order valence-corrected chi connectivity index (χ4v) is 1.88. The van der Waals surface area contributed by atoms with Crippen molar-refractivity contribution >= 4 is 20.9 Å². The van der Waals surface area contributed by atoms with Gasteiger partial charge in [-0.2, -0.15) is 0 Å². The minimum Gasteiger partial charge on any atom is -0.459 e. The number of hydrogen-bond donors (Lipinski definition) is 0. The number of anilines is 1. The second kappa shape index (κ2) is 7.11. The number of nitrogens with zero attached hydrogens (tertiary/aromatic N) is 2. The van der Waals surface area contributed by atoms with Gasteiger partial charge in [-0.3, -0.25) is 0 Å². The van der Waals surface area contributed by atoms with E-state index in [-0.39, 0.29) is 0 Å². The molecule has 0 aliphatic heterocycles. The van der Waals surface area contributed by atoms with Crippen LogP contribution >= 0.6 is 0 Å². The Labute approximate surface area is 106 Å². The summed E-state index contributed by atoms with van der Waals surface area (Å²) in [5.74, 6) is 0. The molecule has 94 valence electrons. The fourth-order valence-electron chi connectivity index (χ4n) is 1.57. The predicted molar refractivity (Wildman–Crippen MR) is 77.6 cm³/mol. The molecule has 0 heterocycles. The number of rotatable bonds is 6. The lowest BCUT2D eigenvalue weighted by Crippen LogP contribution is -2.21. The van der Waals surface area contributed by atoms with Crippen LogP contribution in [0.3, 0.4) is 0 Å². The largest absolute Gasteiger partial charge is 0.459 e. The quantitative estimate of drug-likeness (QED) is 0.440. The first-order valence-corrected chi connectivity index (χ1v) is 8.99. The Bertz CT molecular complexity index is 345. The van der Waals surface area contributed by atoms with Gasteiger partial charge in [0.1, 0.15) is 0 Å². The van der Waals surface area contributed by atoms with E-state index in [9.17, 15) is 0 Å². The highest BCUT2D eigenvalue weighted by molar-refractivity contribution is 6.48. The highest BCUT2D eigenvalue weighted by Crippen LogP contribution is 2.13. The first-order chi connectivity index (χ1) is 8.17. The molecule has 1 aromatic rings. The fraction of sp³-hybridized carbons (Fsp3) is 0.462. The van der Waals surface area contributed by atoms with Gasteiger partial charge in [-0.1, -0.05) is 12.1 Å². The lowest BCUT2D eigenvalue weighted by atomic mass is 10.2. The average Bonchev–Trinajstić information content (AvgIpc) is 2.32. The van der Waals surface area contributed by atoms with Crippen molar-refractivity contribution in [3.05, 3.63) is 29.8 Å². The highest BCUT2D eigenvalue weighted by atomic mass is 28.3. The van der Waals surface area contributed by atoms with Gasteiger partial charge < -0.3 is 9.43 Å². The Hall–Kier alpha value is -1.29. The molecule has 1 aromatic carbocycles. The van der Waals surface area contributed by atoms with Crippen molar-refractivity contribution in [1.82, 2.24) is 0 Å². The maximum Gasteiger partial charge on any atom is 0.266 e. The summed E-state index contributed by atoms with van der Waals surface area (Å²) in [4.78, 5) is 2.32. The molecule has 0 radical (unpaired) electrons. The molecule has 0 bridgehead atoms. The van der Waals surface area contributed by atoms with Crippen LogP contribution in [-0.2, 0) is 4.53 Å². The van der Waals surface area contributed by atoms with E-state index in [0.29, 0.717) is 0 Å². The van der Waals surface area contributed by atoms with Crippen LogP contribution in [0.4, 0.5) is 5.69 Å². The molecule has 0 aliphatic carbocycles. The van der Waals surface area contributed by atoms with E-state index in [0.717, 1.165) is 18.7 Å². The third-order valence-electron chi connectivity index (χ3n) is 2.50. The maximum absolute atomic E-state index is 5.26. The van der Waals surface area contributed by atoms with Gasteiger partial charge in [0.2, 0.25) is 0 Å². The summed E-state index contributed by atoms with van der Waals surface area (Å²) >= 11 is 0. The van der Waals surface area contributed by atoms with Crippen LogP contribution in [0.2, 0.25) is 13.1 Å². The van der Waals surface area contributed by atoms with Crippen molar-refractivity contribution in [2.75, 3.05) is 18.0 Å². The van der Waals surface area contributed by atoms with Crippen LogP contribution in [0.5, 0.6) is 0 Å². The van der Waals surface area contributed by atoms with Gasteiger partial charge >= 0.3 is 0 Å². The summed E-state index contributed by atoms with van der Waals surface area (Å²) in [6.45, 7) is 10.6. The summed E-state index contributed by atoms with van der Waals surface area (Å²) in [6.07, 6.45) is 1.78. The zero-order valence-corrected chi connectivity index (χ0v) is 12.3. The van der Waals surface area contributed by atoms with Crippen LogP contribution in [0.25, 0.3) is 0 Å². The van der Waals surface area contributed by atoms with E-state index in [2.05, 4.69) is 61.3 Å². The monoisotopic (exact) mass is 250 g/mol.